The molecule has 15 heavy (non-hydrogen) atoms. The Bertz CT molecular complexity index is 131. The van der Waals surface area contributed by atoms with E-state index in [1.165, 1.54) is 0 Å². The number of likely N-dealkylation sites (N-methyl/N-ethyl adjacent to an activating group) is 1. The first-order valence-corrected chi connectivity index (χ1v) is 5.20. The minimum Gasteiger partial charge on any atom is -0.392 e. The van der Waals surface area contributed by atoms with Crippen LogP contribution in [0.4, 0.5) is 0 Å². The molecule has 0 aliphatic heterocycles. The average molecular weight is 241 g/mol. The Labute approximate surface area is 98.9 Å². The van der Waals surface area contributed by atoms with E-state index in [9.17, 15) is 0 Å². The van der Waals surface area contributed by atoms with E-state index in [1.807, 2.05) is 19.0 Å². The monoisotopic (exact) mass is 240 g/mol. The molecule has 0 aromatic rings. The van der Waals surface area contributed by atoms with Crippen molar-refractivity contribution in [3.05, 3.63) is 0 Å². The second-order valence-electron chi connectivity index (χ2n) is 4.27. The molecule has 0 aromatic carbocycles. The van der Waals surface area contributed by atoms with Crippen LogP contribution in [0.3, 0.4) is 0 Å². The average Bonchev–Trinajstić information content (AvgIpc) is 2.34. The molecule has 0 radical (unpaired) electrons. The fourth-order valence-corrected chi connectivity index (χ4v) is 1.50. The van der Waals surface area contributed by atoms with E-state index in [0.717, 1.165) is 25.8 Å². The van der Waals surface area contributed by atoms with Crippen LogP contribution in [-0.2, 0) is 0 Å². The van der Waals surface area contributed by atoms with Crippen molar-refractivity contribution >= 4 is 12.4 Å². The summed E-state index contributed by atoms with van der Waals surface area (Å²) in [6.07, 6.45) is 2.60. The van der Waals surface area contributed by atoms with Gasteiger partial charge < -0.3 is 20.8 Å². The smallest absolute Gasteiger partial charge is 0.0691 e. The molecule has 0 heterocycles. The maximum Gasteiger partial charge on any atom is 0.0691 e. The highest BCUT2D eigenvalue weighted by atomic mass is 35.5. The zero-order valence-electron chi connectivity index (χ0n) is 9.89. The van der Waals surface area contributed by atoms with Crippen molar-refractivity contribution in [3.63, 3.8) is 0 Å². The molecule has 4 N–H and O–H groups in total. The topological polar surface area (TPSA) is 69.7 Å². The van der Waals surface area contributed by atoms with E-state index >= 15 is 0 Å². The zero-order chi connectivity index (χ0) is 11.1. The fraction of sp³-hybridized carbons (Fsp3) is 1.00. The lowest BCUT2D eigenvalue weighted by Crippen LogP contribution is -2.28. The van der Waals surface area contributed by atoms with Gasteiger partial charge in [-0.05, 0) is 40.3 Å². The highest BCUT2D eigenvalue weighted by Crippen LogP contribution is 2.15. The predicted molar refractivity (Wildman–Crippen MR) is 65.3 cm³/mol. The fourth-order valence-electron chi connectivity index (χ4n) is 1.50. The molecule has 0 spiro atoms. The van der Waals surface area contributed by atoms with Crippen LogP contribution in [0.1, 0.15) is 26.2 Å². The Morgan fingerprint density at radius 1 is 1.40 bits per heavy atom. The summed E-state index contributed by atoms with van der Waals surface area (Å²) in [7, 11) is 3.87. The summed E-state index contributed by atoms with van der Waals surface area (Å²) in [6, 6.07) is 0.0694. The molecule has 1 aliphatic rings. The van der Waals surface area contributed by atoms with Crippen LogP contribution in [0.5, 0.6) is 0 Å². The van der Waals surface area contributed by atoms with Gasteiger partial charge in [0.2, 0.25) is 0 Å². The van der Waals surface area contributed by atoms with Gasteiger partial charge in [-0.1, -0.05) is 0 Å². The Morgan fingerprint density at radius 2 is 1.93 bits per heavy atom. The van der Waals surface area contributed by atoms with Gasteiger partial charge in [0.1, 0.15) is 0 Å². The number of aliphatic hydroxyl groups excluding tert-OH is 2. The van der Waals surface area contributed by atoms with Crippen LogP contribution in [0.25, 0.3) is 0 Å². The molecule has 1 aliphatic carbocycles. The molecule has 0 saturated heterocycles. The lowest BCUT2D eigenvalue weighted by atomic mass is 10.2. The van der Waals surface area contributed by atoms with E-state index < -0.39 is 0 Å². The van der Waals surface area contributed by atoms with Crippen LogP contribution in [0.2, 0.25) is 0 Å². The van der Waals surface area contributed by atoms with Gasteiger partial charge in [-0.2, -0.15) is 0 Å². The Balaban J connectivity index is 0. The number of rotatable bonds is 2. The molecule has 0 amide bonds. The summed E-state index contributed by atoms with van der Waals surface area (Å²) >= 11 is 0. The highest BCUT2D eigenvalue weighted by Gasteiger charge is 2.20. The van der Waals surface area contributed by atoms with Crippen molar-refractivity contribution in [2.45, 2.75) is 44.4 Å². The minimum atomic E-state index is -0.208. The molecule has 94 valence electrons. The largest absolute Gasteiger partial charge is 0.392 e. The van der Waals surface area contributed by atoms with Crippen LogP contribution in [-0.4, -0.2) is 54.0 Å². The van der Waals surface area contributed by atoms with Crippen molar-refractivity contribution in [2.24, 2.45) is 5.73 Å². The molecule has 1 unspecified atom stereocenters. The number of nitrogens with zero attached hydrogens (tertiary/aromatic N) is 1. The summed E-state index contributed by atoms with van der Waals surface area (Å²) in [4.78, 5) is 1.95. The number of hydrogen-bond donors (Lipinski definition) is 3. The van der Waals surface area contributed by atoms with Crippen molar-refractivity contribution in [1.29, 1.82) is 0 Å². The summed E-state index contributed by atoms with van der Waals surface area (Å²) in [5, 5.41) is 17.6. The molecule has 1 fully saturated rings. The van der Waals surface area contributed by atoms with Crippen LogP contribution < -0.4 is 5.73 Å². The summed E-state index contributed by atoms with van der Waals surface area (Å²) in [5.74, 6) is 0. The molecular formula is C10H25ClN2O2. The van der Waals surface area contributed by atoms with Gasteiger partial charge in [-0.25, -0.2) is 0 Å². The predicted octanol–water partition coefficient (Wildman–Crippen LogP) is 0.209. The Morgan fingerprint density at radius 3 is 2.00 bits per heavy atom. The molecule has 3 atom stereocenters. The van der Waals surface area contributed by atoms with Gasteiger partial charge in [0.15, 0.2) is 0 Å². The molecule has 1 saturated carbocycles. The SMILES string of the molecule is CC(O)CN(C)C.Cl.N[C@@H]1CCC[C@H]1O. The molecular weight excluding hydrogens is 216 g/mol. The van der Waals surface area contributed by atoms with Crippen molar-refractivity contribution in [3.8, 4) is 0 Å². The maximum absolute atomic E-state index is 8.87. The van der Waals surface area contributed by atoms with Gasteiger partial charge >= 0.3 is 0 Å². The van der Waals surface area contributed by atoms with Crippen LogP contribution in [0.15, 0.2) is 0 Å². The molecule has 0 aromatic heterocycles. The first kappa shape index (κ1) is 17.5. The third kappa shape index (κ3) is 10.4. The van der Waals surface area contributed by atoms with Gasteiger partial charge in [0.05, 0.1) is 12.2 Å². The van der Waals surface area contributed by atoms with Gasteiger partial charge in [0, 0.05) is 12.6 Å². The third-order valence-corrected chi connectivity index (χ3v) is 2.16. The van der Waals surface area contributed by atoms with E-state index in [2.05, 4.69) is 0 Å². The first-order chi connectivity index (χ1) is 6.43. The van der Waals surface area contributed by atoms with E-state index in [1.54, 1.807) is 6.92 Å². The second-order valence-corrected chi connectivity index (χ2v) is 4.27. The maximum atomic E-state index is 8.87. The van der Waals surface area contributed by atoms with Crippen LogP contribution in [0, 0.1) is 0 Å². The van der Waals surface area contributed by atoms with E-state index in [-0.39, 0.29) is 30.7 Å². The molecule has 4 nitrogen and oxygen atoms in total. The van der Waals surface area contributed by atoms with E-state index in [4.69, 9.17) is 15.9 Å². The lowest BCUT2D eigenvalue weighted by molar-refractivity contribution is 0.154. The molecule has 1 rings (SSSR count). The molecule has 0 bridgehead atoms. The standard InChI is InChI=1S/C5H11NO.C5H13NO.ClH/c6-4-2-1-3-5(4)7;1-5(7)4-6(2)3;/h4-5,7H,1-3,6H2;5,7H,4H2,1-3H3;1H/t4-,5-;;/m1../s1. The molecule has 5 heteroatoms. The lowest BCUT2D eigenvalue weighted by Gasteiger charge is -2.10. The number of hydrogen-bond acceptors (Lipinski definition) is 4. The van der Waals surface area contributed by atoms with Crippen LogP contribution >= 0.6 is 12.4 Å². The van der Waals surface area contributed by atoms with Gasteiger partial charge in [-0.3, -0.25) is 0 Å². The zero-order valence-corrected chi connectivity index (χ0v) is 10.7. The Kier molecular flexibility index (Phi) is 10.9. The van der Waals surface area contributed by atoms with Crippen molar-refractivity contribution in [2.75, 3.05) is 20.6 Å². The summed E-state index contributed by atoms with van der Waals surface area (Å²) < 4.78 is 0. The van der Waals surface area contributed by atoms with Crippen molar-refractivity contribution in [1.82, 2.24) is 4.90 Å². The van der Waals surface area contributed by atoms with Crippen molar-refractivity contribution < 1.29 is 10.2 Å². The Hall–Kier alpha value is 0.130. The highest BCUT2D eigenvalue weighted by molar-refractivity contribution is 5.85. The number of halogens is 1. The van der Waals surface area contributed by atoms with E-state index in [0.29, 0.717) is 0 Å². The van der Waals surface area contributed by atoms with Gasteiger partial charge in [0.25, 0.3) is 0 Å². The third-order valence-electron chi connectivity index (χ3n) is 2.16. The normalized spacial score (nSPS) is 26.6. The number of aliphatic hydroxyl groups is 2. The quantitative estimate of drug-likeness (QED) is 0.646. The summed E-state index contributed by atoms with van der Waals surface area (Å²) in [5.41, 5.74) is 5.43. The van der Waals surface area contributed by atoms with Gasteiger partial charge in [-0.15, -0.1) is 12.4 Å². The number of nitrogens with two attached hydrogens (primary N) is 1. The first-order valence-electron chi connectivity index (χ1n) is 5.20. The second kappa shape index (κ2) is 9.36. The minimum absolute atomic E-state index is 0. The summed E-state index contributed by atoms with van der Waals surface area (Å²) in [6.45, 7) is 2.53.